The first-order chi connectivity index (χ1) is 11.8. The highest BCUT2D eigenvalue weighted by molar-refractivity contribution is 5.62. The molecule has 0 aliphatic heterocycles. The Morgan fingerprint density at radius 2 is 1.58 bits per heavy atom. The van der Waals surface area contributed by atoms with E-state index in [-0.39, 0.29) is 6.61 Å². The van der Waals surface area contributed by atoms with Gasteiger partial charge in [0.15, 0.2) is 0 Å². The average molecular weight is 319 g/mol. The van der Waals surface area contributed by atoms with E-state index >= 15 is 0 Å². The summed E-state index contributed by atoms with van der Waals surface area (Å²) in [4.78, 5) is 0. The van der Waals surface area contributed by atoms with E-state index in [0.717, 1.165) is 31.5 Å². The van der Waals surface area contributed by atoms with Crippen molar-refractivity contribution in [1.29, 1.82) is 0 Å². The first kappa shape index (κ1) is 16.5. The SMILES string of the molecule is CCCCc1cc(-c2ccccc2)n(Cc2ccccc2)c1CO. The van der Waals surface area contributed by atoms with Gasteiger partial charge in [0.25, 0.3) is 0 Å². The largest absolute Gasteiger partial charge is 0.390 e. The van der Waals surface area contributed by atoms with Crippen LogP contribution in [-0.2, 0) is 19.6 Å². The van der Waals surface area contributed by atoms with Crippen LogP contribution < -0.4 is 0 Å². The number of nitrogens with zero attached hydrogens (tertiary/aromatic N) is 1. The molecule has 0 aliphatic carbocycles. The normalized spacial score (nSPS) is 10.9. The molecule has 0 unspecified atom stereocenters. The van der Waals surface area contributed by atoms with Gasteiger partial charge in [0, 0.05) is 17.9 Å². The molecule has 0 bridgehead atoms. The van der Waals surface area contributed by atoms with Crippen LogP contribution in [0.4, 0.5) is 0 Å². The van der Waals surface area contributed by atoms with Gasteiger partial charge in [-0.2, -0.15) is 0 Å². The van der Waals surface area contributed by atoms with Crippen LogP contribution in [0.3, 0.4) is 0 Å². The van der Waals surface area contributed by atoms with Crippen molar-refractivity contribution in [3.05, 3.63) is 83.6 Å². The van der Waals surface area contributed by atoms with Crippen molar-refractivity contribution in [2.45, 2.75) is 39.3 Å². The van der Waals surface area contributed by atoms with Gasteiger partial charge < -0.3 is 9.67 Å². The van der Waals surface area contributed by atoms with Crippen LogP contribution >= 0.6 is 0 Å². The highest BCUT2D eigenvalue weighted by Gasteiger charge is 2.15. The average Bonchev–Trinajstić information content (AvgIpc) is 2.99. The lowest BCUT2D eigenvalue weighted by atomic mass is 10.1. The first-order valence-corrected chi connectivity index (χ1v) is 8.75. The lowest BCUT2D eigenvalue weighted by molar-refractivity contribution is 0.270. The molecule has 0 aliphatic rings. The first-order valence-electron chi connectivity index (χ1n) is 8.75. The summed E-state index contributed by atoms with van der Waals surface area (Å²) in [5, 5.41) is 10.0. The lowest BCUT2D eigenvalue weighted by Gasteiger charge is -2.14. The maximum Gasteiger partial charge on any atom is 0.0835 e. The minimum Gasteiger partial charge on any atom is -0.390 e. The maximum absolute atomic E-state index is 10.0. The quantitative estimate of drug-likeness (QED) is 0.648. The summed E-state index contributed by atoms with van der Waals surface area (Å²) >= 11 is 0. The number of hydrogen-bond acceptors (Lipinski definition) is 1. The second-order valence-corrected chi connectivity index (χ2v) is 6.20. The van der Waals surface area contributed by atoms with E-state index < -0.39 is 0 Å². The van der Waals surface area contributed by atoms with Crippen molar-refractivity contribution in [1.82, 2.24) is 4.57 Å². The zero-order valence-electron chi connectivity index (χ0n) is 14.3. The Bertz CT molecular complexity index is 759. The van der Waals surface area contributed by atoms with Gasteiger partial charge in [0.05, 0.1) is 6.61 Å². The van der Waals surface area contributed by atoms with Gasteiger partial charge in [-0.05, 0) is 35.6 Å². The van der Waals surface area contributed by atoms with Crippen LogP contribution in [0.15, 0.2) is 66.7 Å². The molecule has 1 heterocycles. The molecule has 0 spiro atoms. The van der Waals surface area contributed by atoms with Crippen molar-refractivity contribution in [2.24, 2.45) is 0 Å². The van der Waals surface area contributed by atoms with Crippen molar-refractivity contribution < 1.29 is 5.11 Å². The molecular formula is C22H25NO. The molecule has 0 atom stereocenters. The Morgan fingerprint density at radius 1 is 0.917 bits per heavy atom. The summed E-state index contributed by atoms with van der Waals surface area (Å²) in [5.74, 6) is 0. The topological polar surface area (TPSA) is 25.2 Å². The smallest absolute Gasteiger partial charge is 0.0835 e. The number of aliphatic hydroxyl groups excluding tert-OH is 1. The predicted octanol–water partition coefficient (Wildman–Crippen LogP) is 5.04. The molecule has 0 amide bonds. The summed E-state index contributed by atoms with van der Waals surface area (Å²) in [6, 6.07) is 23.2. The van der Waals surface area contributed by atoms with E-state index in [9.17, 15) is 5.11 Å². The molecule has 2 aromatic carbocycles. The van der Waals surface area contributed by atoms with Gasteiger partial charge in [0.1, 0.15) is 0 Å². The fraction of sp³-hybridized carbons (Fsp3) is 0.273. The summed E-state index contributed by atoms with van der Waals surface area (Å²) in [5.41, 5.74) is 5.96. The third kappa shape index (κ3) is 3.60. The monoisotopic (exact) mass is 319 g/mol. The zero-order valence-corrected chi connectivity index (χ0v) is 14.3. The molecule has 0 saturated heterocycles. The second kappa shape index (κ2) is 7.98. The van der Waals surface area contributed by atoms with E-state index in [1.807, 2.05) is 12.1 Å². The Hall–Kier alpha value is -2.32. The van der Waals surface area contributed by atoms with Gasteiger partial charge >= 0.3 is 0 Å². The maximum atomic E-state index is 10.0. The van der Waals surface area contributed by atoms with Crippen molar-refractivity contribution in [3.63, 3.8) is 0 Å². The van der Waals surface area contributed by atoms with E-state index in [1.165, 1.54) is 22.4 Å². The Labute approximate surface area is 144 Å². The van der Waals surface area contributed by atoms with Crippen molar-refractivity contribution in [3.8, 4) is 11.3 Å². The van der Waals surface area contributed by atoms with Crippen LogP contribution in [0.2, 0.25) is 0 Å². The summed E-state index contributed by atoms with van der Waals surface area (Å²) < 4.78 is 2.27. The highest BCUT2D eigenvalue weighted by atomic mass is 16.3. The van der Waals surface area contributed by atoms with Crippen LogP contribution in [0.1, 0.15) is 36.6 Å². The van der Waals surface area contributed by atoms with Gasteiger partial charge in [-0.15, -0.1) is 0 Å². The van der Waals surface area contributed by atoms with Gasteiger partial charge in [-0.1, -0.05) is 74.0 Å². The van der Waals surface area contributed by atoms with Crippen molar-refractivity contribution >= 4 is 0 Å². The summed E-state index contributed by atoms with van der Waals surface area (Å²) in [6.07, 6.45) is 3.33. The van der Waals surface area contributed by atoms with Crippen LogP contribution in [0.5, 0.6) is 0 Å². The second-order valence-electron chi connectivity index (χ2n) is 6.20. The van der Waals surface area contributed by atoms with Crippen LogP contribution in [0, 0.1) is 0 Å². The number of unbranched alkanes of at least 4 members (excludes halogenated alkanes) is 1. The van der Waals surface area contributed by atoms with E-state index in [4.69, 9.17) is 0 Å². The highest BCUT2D eigenvalue weighted by Crippen LogP contribution is 2.28. The fourth-order valence-corrected chi connectivity index (χ4v) is 3.21. The molecule has 1 N–H and O–H groups in total. The van der Waals surface area contributed by atoms with Crippen LogP contribution in [0.25, 0.3) is 11.3 Å². The number of hydrogen-bond donors (Lipinski definition) is 1. The number of aliphatic hydroxyl groups is 1. The lowest BCUT2D eigenvalue weighted by Crippen LogP contribution is -2.07. The zero-order chi connectivity index (χ0) is 16.8. The van der Waals surface area contributed by atoms with Gasteiger partial charge in [-0.25, -0.2) is 0 Å². The molecule has 3 rings (SSSR count). The minimum absolute atomic E-state index is 0.0821. The Morgan fingerprint density at radius 3 is 2.21 bits per heavy atom. The fourth-order valence-electron chi connectivity index (χ4n) is 3.21. The molecule has 24 heavy (non-hydrogen) atoms. The van der Waals surface area contributed by atoms with Gasteiger partial charge in [0.2, 0.25) is 0 Å². The third-order valence-electron chi connectivity index (χ3n) is 4.50. The van der Waals surface area contributed by atoms with Gasteiger partial charge in [-0.3, -0.25) is 0 Å². The number of aromatic nitrogens is 1. The Balaban J connectivity index is 2.07. The van der Waals surface area contributed by atoms with Crippen molar-refractivity contribution in [2.75, 3.05) is 0 Å². The molecule has 2 heteroatoms. The van der Waals surface area contributed by atoms with E-state index in [0.29, 0.717) is 0 Å². The number of rotatable bonds is 7. The number of aryl methyl sites for hydroxylation is 1. The van der Waals surface area contributed by atoms with E-state index in [2.05, 4.69) is 66.1 Å². The van der Waals surface area contributed by atoms with E-state index in [1.54, 1.807) is 0 Å². The molecule has 0 fully saturated rings. The minimum atomic E-state index is 0.0821. The summed E-state index contributed by atoms with van der Waals surface area (Å²) in [6.45, 7) is 3.07. The molecule has 3 aromatic rings. The third-order valence-corrected chi connectivity index (χ3v) is 4.50. The molecule has 0 saturated carbocycles. The molecule has 0 radical (unpaired) electrons. The molecular weight excluding hydrogens is 294 g/mol. The standard InChI is InChI=1S/C22H25NO/c1-2-3-12-20-15-21(19-13-8-5-9-14-19)23(22(20)17-24)16-18-10-6-4-7-11-18/h4-11,13-15,24H,2-3,12,16-17H2,1H3. The molecule has 2 nitrogen and oxygen atoms in total. The Kier molecular flexibility index (Phi) is 5.50. The molecule has 1 aromatic heterocycles. The predicted molar refractivity (Wildman–Crippen MR) is 99.9 cm³/mol. The van der Waals surface area contributed by atoms with Crippen LogP contribution in [-0.4, -0.2) is 9.67 Å². The molecule has 124 valence electrons. The summed E-state index contributed by atoms with van der Waals surface area (Å²) in [7, 11) is 0. The number of benzene rings is 2.